The summed E-state index contributed by atoms with van der Waals surface area (Å²) in [5.74, 6) is -0.677. The van der Waals surface area contributed by atoms with Gasteiger partial charge >= 0.3 is 0 Å². The molecule has 0 unspecified atom stereocenters. The third kappa shape index (κ3) is 5.42. The molecular formula is C23H24N2O2. The number of amides is 2. The van der Waals surface area contributed by atoms with Gasteiger partial charge in [0.05, 0.1) is 6.42 Å². The van der Waals surface area contributed by atoms with Gasteiger partial charge in [-0.1, -0.05) is 72.8 Å². The predicted molar refractivity (Wildman–Crippen MR) is 108 cm³/mol. The third-order valence-electron chi connectivity index (χ3n) is 4.66. The zero-order chi connectivity index (χ0) is 19.1. The number of rotatable bonds is 8. The number of primary amides is 1. The molecule has 0 bridgehead atoms. The summed E-state index contributed by atoms with van der Waals surface area (Å²) < 4.78 is 0. The summed E-state index contributed by atoms with van der Waals surface area (Å²) in [6.07, 6.45) is 2.40. The van der Waals surface area contributed by atoms with Crippen molar-refractivity contribution in [1.29, 1.82) is 0 Å². The molecule has 3 aromatic carbocycles. The Balaban J connectivity index is 1.55. The summed E-state index contributed by atoms with van der Waals surface area (Å²) in [5, 5.41) is 5.02. The highest BCUT2D eigenvalue weighted by Gasteiger charge is 2.18. The zero-order valence-corrected chi connectivity index (χ0v) is 15.2. The van der Waals surface area contributed by atoms with E-state index in [2.05, 4.69) is 17.4 Å². The molecule has 4 heteroatoms. The lowest BCUT2D eigenvalue weighted by Crippen LogP contribution is -2.45. The molecule has 0 aliphatic carbocycles. The number of nitrogens with two attached hydrogens (primary N) is 1. The van der Waals surface area contributed by atoms with E-state index >= 15 is 0 Å². The molecule has 0 spiro atoms. The standard InChI is InChI=1S/C23H24N2O2/c24-23(27)21(12-6-9-17-7-2-1-3-8-17)25-22(26)16-18-13-14-19-10-4-5-11-20(19)15-18/h1-5,7-8,10-11,13-15,21H,6,9,12,16H2,(H2,24,27)(H,25,26)/t21-/m1/s1. The second kappa shape index (κ2) is 8.99. The lowest BCUT2D eigenvalue weighted by Gasteiger charge is -2.15. The Morgan fingerprint density at radius 1 is 0.852 bits per heavy atom. The van der Waals surface area contributed by atoms with Crippen molar-refractivity contribution in [3.63, 3.8) is 0 Å². The minimum absolute atomic E-state index is 0.186. The number of hydrogen-bond donors (Lipinski definition) is 2. The monoisotopic (exact) mass is 360 g/mol. The highest BCUT2D eigenvalue weighted by molar-refractivity contribution is 5.88. The molecule has 0 aliphatic heterocycles. The first-order valence-corrected chi connectivity index (χ1v) is 9.22. The van der Waals surface area contributed by atoms with Gasteiger partial charge in [-0.15, -0.1) is 0 Å². The van der Waals surface area contributed by atoms with E-state index in [0.717, 1.165) is 29.2 Å². The number of nitrogens with one attached hydrogen (secondary N) is 1. The highest BCUT2D eigenvalue weighted by atomic mass is 16.2. The predicted octanol–water partition coefficient (Wildman–Crippen LogP) is 3.38. The van der Waals surface area contributed by atoms with Crippen LogP contribution < -0.4 is 11.1 Å². The summed E-state index contributed by atoms with van der Waals surface area (Å²) in [6.45, 7) is 0. The molecule has 0 saturated heterocycles. The fraction of sp³-hybridized carbons (Fsp3) is 0.217. The van der Waals surface area contributed by atoms with E-state index in [-0.39, 0.29) is 12.3 Å². The molecular weight excluding hydrogens is 336 g/mol. The van der Waals surface area contributed by atoms with Gasteiger partial charge in [0.1, 0.15) is 6.04 Å². The summed E-state index contributed by atoms with van der Waals surface area (Å²) in [6, 6.07) is 23.4. The molecule has 0 saturated carbocycles. The fourth-order valence-corrected chi connectivity index (χ4v) is 3.22. The van der Waals surface area contributed by atoms with Crippen molar-refractivity contribution in [3.8, 4) is 0 Å². The van der Waals surface area contributed by atoms with Crippen molar-refractivity contribution >= 4 is 22.6 Å². The zero-order valence-electron chi connectivity index (χ0n) is 15.2. The molecule has 0 aromatic heterocycles. The van der Waals surface area contributed by atoms with Crippen molar-refractivity contribution in [2.24, 2.45) is 5.73 Å². The number of hydrogen-bond acceptors (Lipinski definition) is 2. The molecule has 2 amide bonds. The van der Waals surface area contributed by atoms with Crippen molar-refractivity contribution in [2.45, 2.75) is 31.7 Å². The summed E-state index contributed by atoms with van der Waals surface area (Å²) in [7, 11) is 0. The molecule has 3 N–H and O–H groups in total. The molecule has 0 radical (unpaired) electrons. The van der Waals surface area contributed by atoms with Crippen LogP contribution in [0.1, 0.15) is 24.0 Å². The Kier molecular flexibility index (Phi) is 6.21. The van der Waals surface area contributed by atoms with Gasteiger partial charge < -0.3 is 11.1 Å². The second-order valence-electron chi connectivity index (χ2n) is 6.76. The number of aryl methyl sites for hydroxylation is 1. The number of fused-ring (bicyclic) bond motifs is 1. The van der Waals surface area contributed by atoms with Crippen LogP contribution in [0, 0.1) is 0 Å². The Bertz CT molecular complexity index is 922. The lowest BCUT2D eigenvalue weighted by atomic mass is 10.0. The summed E-state index contributed by atoms with van der Waals surface area (Å²) in [5.41, 5.74) is 7.61. The topological polar surface area (TPSA) is 72.2 Å². The van der Waals surface area contributed by atoms with Crippen LogP contribution in [0.2, 0.25) is 0 Å². The Morgan fingerprint density at radius 2 is 1.56 bits per heavy atom. The van der Waals surface area contributed by atoms with Crippen LogP contribution in [0.15, 0.2) is 72.8 Å². The molecule has 4 nitrogen and oxygen atoms in total. The summed E-state index contributed by atoms with van der Waals surface area (Å²) in [4.78, 5) is 24.1. The van der Waals surface area contributed by atoms with Crippen molar-refractivity contribution in [2.75, 3.05) is 0 Å². The van der Waals surface area contributed by atoms with E-state index in [4.69, 9.17) is 5.73 Å². The maximum atomic E-state index is 12.4. The maximum absolute atomic E-state index is 12.4. The van der Waals surface area contributed by atoms with E-state index in [1.165, 1.54) is 5.56 Å². The summed E-state index contributed by atoms with van der Waals surface area (Å²) >= 11 is 0. The van der Waals surface area contributed by atoms with Crippen LogP contribution in [0.4, 0.5) is 0 Å². The quantitative estimate of drug-likeness (QED) is 0.646. The molecule has 27 heavy (non-hydrogen) atoms. The van der Waals surface area contributed by atoms with Crippen molar-refractivity contribution in [1.82, 2.24) is 5.32 Å². The van der Waals surface area contributed by atoms with Gasteiger partial charge in [0.25, 0.3) is 0 Å². The molecule has 1 atom stereocenters. The minimum Gasteiger partial charge on any atom is -0.368 e. The number of carbonyl (C=O) groups is 2. The maximum Gasteiger partial charge on any atom is 0.239 e. The molecule has 138 valence electrons. The molecule has 3 aromatic rings. The molecule has 0 heterocycles. The number of carbonyl (C=O) groups excluding carboxylic acids is 2. The van der Waals surface area contributed by atoms with Gasteiger partial charge in [0, 0.05) is 0 Å². The molecule has 3 rings (SSSR count). The van der Waals surface area contributed by atoms with Gasteiger partial charge in [0.2, 0.25) is 11.8 Å². The van der Waals surface area contributed by atoms with Gasteiger partial charge in [-0.2, -0.15) is 0 Å². The minimum atomic E-state index is -0.637. The Morgan fingerprint density at radius 3 is 2.30 bits per heavy atom. The highest BCUT2D eigenvalue weighted by Crippen LogP contribution is 2.16. The van der Waals surface area contributed by atoms with Crippen molar-refractivity contribution < 1.29 is 9.59 Å². The Labute approximate surface area is 159 Å². The van der Waals surface area contributed by atoms with Gasteiger partial charge in [-0.05, 0) is 41.2 Å². The fourth-order valence-electron chi connectivity index (χ4n) is 3.22. The van der Waals surface area contributed by atoms with Crippen LogP contribution in [0.25, 0.3) is 10.8 Å². The largest absolute Gasteiger partial charge is 0.368 e. The van der Waals surface area contributed by atoms with Crippen LogP contribution >= 0.6 is 0 Å². The van der Waals surface area contributed by atoms with Gasteiger partial charge in [-0.3, -0.25) is 9.59 Å². The Hall–Kier alpha value is -3.14. The van der Waals surface area contributed by atoms with E-state index in [1.807, 2.05) is 60.7 Å². The van der Waals surface area contributed by atoms with Crippen LogP contribution in [-0.2, 0) is 22.4 Å². The third-order valence-corrected chi connectivity index (χ3v) is 4.66. The van der Waals surface area contributed by atoms with Crippen molar-refractivity contribution in [3.05, 3.63) is 83.9 Å². The van der Waals surface area contributed by atoms with Gasteiger partial charge in [0.15, 0.2) is 0 Å². The van der Waals surface area contributed by atoms with Crippen LogP contribution in [0.5, 0.6) is 0 Å². The van der Waals surface area contributed by atoms with Crippen LogP contribution in [-0.4, -0.2) is 17.9 Å². The normalized spacial score (nSPS) is 11.9. The van der Waals surface area contributed by atoms with E-state index in [0.29, 0.717) is 6.42 Å². The average molecular weight is 360 g/mol. The van der Waals surface area contributed by atoms with E-state index < -0.39 is 11.9 Å². The average Bonchev–Trinajstić information content (AvgIpc) is 2.68. The second-order valence-corrected chi connectivity index (χ2v) is 6.76. The lowest BCUT2D eigenvalue weighted by molar-refractivity contribution is -0.127. The van der Waals surface area contributed by atoms with E-state index in [1.54, 1.807) is 0 Å². The van der Waals surface area contributed by atoms with Gasteiger partial charge in [-0.25, -0.2) is 0 Å². The van der Waals surface area contributed by atoms with Crippen LogP contribution in [0.3, 0.4) is 0 Å². The molecule has 0 fully saturated rings. The van der Waals surface area contributed by atoms with E-state index in [9.17, 15) is 9.59 Å². The first-order chi connectivity index (χ1) is 13.1. The first-order valence-electron chi connectivity index (χ1n) is 9.22. The smallest absolute Gasteiger partial charge is 0.239 e. The first kappa shape index (κ1) is 18.6. The number of benzene rings is 3. The molecule has 0 aliphatic rings. The SMILES string of the molecule is NC(=O)[C@@H](CCCc1ccccc1)NC(=O)Cc1ccc2ccccc2c1.